The highest BCUT2D eigenvalue weighted by Crippen LogP contribution is 2.20. The number of nitrogens with one attached hydrogen (secondary N) is 2. The number of amides is 1. The van der Waals surface area contributed by atoms with E-state index in [1.165, 1.54) is 6.42 Å². The van der Waals surface area contributed by atoms with E-state index in [1.807, 2.05) is 30.3 Å². The smallest absolute Gasteiger partial charge is 0.270 e. The average Bonchev–Trinajstić information content (AvgIpc) is 2.62. The van der Waals surface area contributed by atoms with Crippen molar-refractivity contribution >= 4 is 30.7 Å². The van der Waals surface area contributed by atoms with Crippen LogP contribution in [0.3, 0.4) is 0 Å². The SMILES string of the molecule is Cl.Cl.O=C(NCC1CCCNC1)c1cc(Oc2ccccc2)ccn1. The largest absolute Gasteiger partial charge is 0.457 e. The van der Waals surface area contributed by atoms with E-state index >= 15 is 0 Å². The van der Waals surface area contributed by atoms with Crippen molar-refractivity contribution in [2.45, 2.75) is 12.8 Å². The van der Waals surface area contributed by atoms with Gasteiger partial charge in [0.2, 0.25) is 0 Å². The van der Waals surface area contributed by atoms with Crippen LogP contribution in [0.5, 0.6) is 11.5 Å². The average molecular weight is 384 g/mol. The molecule has 1 aliphatic rings. The van der Waals surface area contributed by atoms with Crippen LogP contribution in [0.2, 0.25) is 0 Å². The van der Waals surface area contributed by atoms with E-state index < -0.39 is 0 Å². The number of carbonyl (C=O) groups excluding carboxylic acids is 1. The standard InChI is InChI=1S/C18H21N3O2.2ClH/c22-18(21-13-14-5-4-9-19-12-14)17-11-16(8-10-20-17)23-15-6-2-1-3-7-15;;/h1-3,6-8,10-11,14,19H,4-5,9,12-13H2,(H,21,22);2*1H. The highest BCUT2D eigenvalue weighted by Gasteiger charge is 2.15. The molecule has 1 atom stereocenters. The van der Waals surface area contributed by atoms with Crippen LogP contribution in [0.15, 0.2) is 48.7 Å². The number of aromatic nitrogens is 1. The van der Waals surface area contributed by atoms with E-state index in [0.29, 0.717) is 23.9 Å². The van der Waals surface area contributed by atoms with E-state index in [1.54, 1.807) is 18.3 Å². The molecule has 1 aromatic heterocycles. The molecule has 1 saturated heterocycles. The Morgan fingerprint density at radius 3 is 2.72 bits per heavy atom. The predicted molar refractivity (Wildman–Crippen MR) is 103 cm³/mol. The highest BCUT2D eigenvalue weighted by atomic mass is 35.5. The van der Waals surface area contributed by atoms with Gasteiger partial charge in [-0.25, -0.2) is 0 Å². The van der Waals surface area contributed by atoms with Crippen LogP contribution in [0, 0.1) is 5.92 Å². The van der Waals surface area contributed by atoms with Crippen molar-refractivity contribution in [2.24, 2.45) is 5.92 Å². The predicted octanol–water partition coefficient (Wildman–Crippen LogP) is 3.45. The minimum absolute atomic E-state index is 0. The number of nitrogens with zero attached hydrogens (tertiary/aromatic N) is 1. The van der Waals surface area contributed by atoms with Gasteiger partial charge in [-0.05, 0) is 50.0 Å². The molecule has 1 aromatic carbocycles. The summed E-state index contributed by atoms with van der Waals surface area (Å²) in [6.07, 6.45) is 3.91. The Morgan fingerprint density at radius 1 is 1.20 bits per heavy atom. The zero-order valence-corrected chi connectivity index (χ0v) is 15.4. The molecule has 3 rings (SSSR count). The van der Waals surface area contributed by atoms with Gasteiger partial charge < -0.3 is 15.4 Å². The summed E-state index contributed by atoms with van der Waals surface area (Å²) < 4.78 is 5.73. The summed E-state index contributed by atoms with van der Waals surface area (Å²) in [5.74, 6) is 1.68. The minimum atomic E-state index is -0.158. The second-order valence-electron chi connectivity index (χ2n) is 5.71. The number of pyridine rings is 1. The maximum Gasteiger partial charge on any atom is 0.270 e. The molecule has 0 bridgehead atoms. The van der Waals surface area contributed by atoms with Crippen LogP contribution in [0.4, 0.5) is 0 Å². The van der Waals surface area contributed by atoms with E-state index in [-0.39, 0.29) is 30.7 Å². The molecule has 0 aliphatic carbocycles. The van der Waals surface area contributed by atoms with Gasteiger partial charge in [0.1, 0.15) is 17.2 Å². The summed E-state index contributed by atoms with van der Waals surface area (Å²) in [6.45, 7) is 2.72. The molecule has 136 valence electrons. The van der Waals surface area contributed by atoms with Crippen molar-refractivity contribution in [3.63, 3.8) is 0 Å². The molecule has 2 heterocycles. The van der Waals surface area contributed by atoms with Gasteiger partial charge in [0.15, 0.2) is 0 Å². The first-order valence-corrected chi connectivity index (χ1v) is 7.99. The Labute approximate surface area is 160 Å². The second kappa shape index (κ2) is 10.9. The molecular weight excluding hydrogens is 361 g/mol. The number of ether oxygens (including phenoxy) is 1. The van der Waals surface area contributed by atoms with Gasteiger partial charge in [-0.3, -0.25) is 9.78 Å². The maximum atomic E-state index is 12.2. The molecule has 0 radical (unpaired) electrons. The third-order valence-electron chi connectivity index (χ3n) is 3.89. The molecule has 2 N–H and O–H groups in total. The summed E-state index contributed by atoms with van der Waals surface area (Å²) in [5, 5.41) is 6.31. The zero-order chi connectivity index (χ0) is 15.9. The first-order valence-electron chi connectivity index (χ1n) is 7.99. The van der Waals surface area contributed by atoms with Gasteiger partial charge in [0, 0.05) is 18.8 Å². The number of piperidine rings is 1. The number of rotatable bonds is 5. The second-order valence-corrected chi connectivity index (χ2v) is 5.71. The molecule has 1 amide bonds. The summed E-state index contributed by atoms with van der Waals surface area (Å²) in [6, 6.07) is 12.9. The van der Waals surface area contributed by atoms with Crippen LogP contribution in [-0.2, 0) is 0 Å². The monoisotopic (exact) mass is 383 g/mol. The molecular formula is C18H23Cl2N3O2. The Hall–Kier alpha value is -1.82. The topological polar surface area (TPSA) is 63.2 Å². The van der Waals surface area contributed by atoms with Gasteiger partial charge in [-0.1, -0.05) is 18.2 Å². The van der Waals surface area contributed by atoms with Gasteiger partial charge in [-0.2, -0.15) is 0 Å². The molecule has 1 unspecified atom stereocenters. The minimum Gasteiger partial charge on any atom is -0.457 e. The Bertz CT molecular complexity index is 650. The normalized spacial score (nSPS) is 16.1. The molecule has 1 fully saturated rings. The fourth-order valence-corrected chi connectivity index (χ4v) is 2.65. The number of hydrogen-bond acceptors (Lipinski definition) is 4. The van der Waals surface area contributed by atoms with Crippen molar-refractivity contribution in [3.8, 4) is 11.5 Å². The van der Waals surface area contributed by atoms with E-state index in [2.05, 4.69) is 15.6 Å². The van der Waals surface area contributed by atoms with Crippen LogP contribution in [-0.4, -0.2) is 30.5 Å². The number of halogens is 2. The molecule has 0 saturated carbocycles. The van der Waals surface area contributed by atoms with Gasteiger partial charge >= 0.3 is 0 Å². The maximum absolute atomic E-state index is 12.2. The lowest BCUT2D eigenvalue weighted by atomic mass is 10.00. The van der Waals surface area contributed by atoms with E-state index in [9.17, 15) is 4.79 Å². The summed E-state index contributed by atoms with van der Waals surface area (Å²) in [4.78, 5) is 16.4. The molecule has 5 nitrogen and oxygen atoms in total. The summed E-state index contributed by atoms with van der Waals surface area (Å²) >= 11 is 0. The van der Waals surface area contributed by atoms with Crippen LogP contribution in [0.1, 0.15) is 23.3 Å². The van der Waals surface area contributed by atoms with Crippen molar-refractivity contribution < 1.29 is 9.53 Å². The Balaban J connectivity index is 0.00000156. The van der Waals surface area contributed by atoms with Crippen molar-refractivity contribution in [1.29, 1.82) is 0 Å². The molecule has 25 heavy (non-hydrogen) atoms. The number of hydrogen-bond donors (Lipinski definition) is 2. The fraction of sp³-hybridized carbons (Fsp3) is 0.333. The van der Waals surface area contributed by atoms with Crippen LogP contribution < -0.4 is 15.4 Å². The lowest BCUT2D eigenvalue weighted by Crippen LogP contribution is -2.38. The highest BCUT2D eigenvalue weighted by molar-refractivity contribution is 5.92. The zero-order valence-electron chi connectivity index (χ0n) is 13.8. The molecule has 0 spiro atoms. The fourth-order valence-electron chi connectivity index (χ4n) is 2.65. The number of benzene rings is 1. The van der Waals surface area contributed by atoms with Crippen molar-refractivity contribution in [3.05, 3.63) is 54.4 Å². The summed E-state index contributed by atoms with van der Waals surface area (Å²) in [7, 11) is 0. The van der Waals surface area contributed by atoms with Crippen LogP contribution >= 0.6 is 24.8 Å². The van der Waals surface area contributed by atoms with E-state index in [4.69, 9.17) is 4.74 Å². The van der Waals surface area contributed by atoms with Crippen LogP contribution in [0.25, 0.3) is 0 Å². The lowest BCUT2D eigenvalue weighted by molar-refractivity contribution is 0.0939. The van der Waals surface area contributed by atoms with Gasteiger partial charge in [0.25, 0.3) is 5.91 Å². The van der Waals surface area contributed by atoms with E-state index in [0.717, 1.165) is 25.3 Å². The third kappa shape index (κ3) is 6.53. The Kier molecular flexibility index (Phi) is 9.27. The van der Waals surface area contributed by atoms with Gasteiger partial charge in [0.05, 0.1) is 0 Å². The summed E-state index contributed by atoms with van der Waals surface area (Å²) in [5.41, 5.74) is 0.377. The third-order valence-corrected chi connectivity index (χ3v) is 3.89. The quantitative estimate of drug-likeness (QED) is 0.829. The Morgan fingerprint density at radius 2 is 2.00 bits per heavy atom. The molecule has 2 aromatic rings. The molecule has 7 heteroatoms. The molecule has 1 aliphatic heterocycles. The number of para-hydroxylation sites is 1. The first-order chi connectivity index (χ1) is 11.3. The van der Waals surface area contributed by atoms with Gasteiger partial charge in [-0.15, -0.1) is 24.8 Å². The lowest BCUT2D eigenvalue weighted by Gasteiger charge is -2.22. The first kappa shape index (κ1) is 21.2. The number of carbonyl (C=O) groups is 1. The van der Waals surface area contributed by atoms with Crippen molar-refractivity contribution in [1.82, 2.24) is 15.6 Å². The van der Waals surface area contributed by atoms with Crippen molar-refractivity contribution in [2.75, 3.05) is 19.6 Å².